The summed E-state index contributed by atoms with van der Waals surface area (Å²) in [6, 6.07) is 8.23. The Hall–Kier alpha value is -2.01. The zero-order valence-electron chi connectivity index (χ0n) is 19.2. The number of para-hydroxylation sites is 2. The number of anilines is 1. The number of ether oxygens (including phenoxy) is 2. The first kappa shape index (κ1) is 20.9. The van der Waals surface area contributed by atoms with Gasteiger partial charge < -0.3 is 14.4 Å². The fraction of sp³-hybridized carbons (Fsp3) is 0.654. The lowest BCUT2D eigenvalue weighted by atomic mass is 9.59. The number of carbonyl (C=O) groups is 1. The Labute approximate surface area is 186 Å². The van der Waals surface area contributed by atoms with Crippen molar-refractivity contribution >= 4 is 11.7 Å². The first-order chi connectivity index (χ1) is 15.0. The van der Waals surface area contributed by atoms with Crippen LogP contribution in [0.3, 0.4) is 0 Å². The van der Waals surface area contributed by atoms with E-state index in [1.54, 1.807) is 12.7 Å². The van der Waals surface area contributed by atoms with Gasteiger partial charge in [-0.3, -0.25) is 9.69 Å². The van der Waals surface area contributed by atoms with Crippen molar-refractivity contribution in [2.24, 2.45) is 23.2 Å². The highest BCUT2D eigenvalue weighted by Crippen LogP contribution is 2.54. The average molecular weight is 425 g/mol. The van der Waals surface area contributed by atoms with Gasteiger partial charge in [0.2, 0.25) is 0 Å². The fourth-order valence-corrected chi connectivity index (χ4v) is 6.60. The van der Waals surface area contributed by atoms with E-state index in [0.717, 1.165) is 50.6 Å². The van der Waals surface area contributed by atoms with Crippen LogP contribution in [0.5, 0.6) is 5.75 Å². The number of allylic oxidation sites excluding steroid dienone is 1. The lowest BCUT2D eigenvalue weighted by Crippen LogP contribution is -2.49. The van der Waals surface area contributed by atoms with Crippen LogP contribution in [0.25, 0.3) is 0 Å². The van der Waals surface area contributed by atoms with Gasteiger partial charge in [0.05, 0.1) is 18.7 Å². The highest BCUT2D eigenvalue weighted by Gasteiger charge is 2.52. The minimum Gasteiger partial charge on any atom is -0.495 e. The van der Waals surface area contributed by atoms with Crippen molar-refractivity contribution < 1.29 is 14.3 Å². The molecule has 5 heteroatoms. The van der Waals surface area contributed by atoms with E-state index in [4.69, 9.17) is 9.47 Å². The minimum absolute atomic E-state index is 0.0195. The van der Waals surface area contributed by atoms with E-state index >= 15 is 0 Å². The predicted molar refractivity (Wildman–Crippen MR) is 122 cm³/mol. The second kappa shape index (κ2) is 8.16. The summed E-state index contributed by atoms with van der Waals surface area (Å²) in [5, 5.41) is 0. The molecular formula is C26H36N2O3. The van der Waals surface area contributed by atoms with Gasteiger partial charge in [-0.2, -0.15) is 0 Å². The third-order valence-electron chi connectivity index (χ3n) is 8.33. The summed E-state index contributed by atoms with van der Waals surface area (Å²) in [6.45, 7) is 9.40. The van der Waals surface area contributed by atoms with Crippen molar-refractivity contribution in [2.45, 2.75) is 45.6 Å². The SMILES string of the molecule is COc1ccccc1N1CCN(C[C@H]2C(=O)O[C@@H]3C[C@]4(C)CCC[C@@H](C)C4=C[C@H]32)CC1. The topological polar surface area (TPSA) is 42.0 Å². The van der Waals surface area contributed by atoms with Crippen molar-refractivity contribution in [3.8, 4) is 5.75 Å². The first-order valence-electron chi connectivity index (χ1n) is 12.0. The van der Waals surface area contributed by atoms with Crippen LogP contribution in [0, 0.1) is 23.2 Å². The Kier molecular flexibility index (Phi) is 5.49. The predicted octanol–water partition coefficient (Wildman–Crippen LogP) is 4.13. The maximum absolute atomic E-state index is 12.9. The summed E-state index contributed by atoms with van der Waals surface area (Å²) in [4.78, 5) is 17.7. The number of esters is 1. The number of nitrogens with zero attached hydrogens (tertiary/aromatic N) is 2. The molecule has 168 valence electrons. The smallest absolute Gasteiger partial charge is 0.311 e. The molecule has 31 heavy (non-hydrogen) atoms. The van der Waals surface area contributed by atoms with Gasteiger partial charge in [0.1, 0.15) is 11.9 Å². The zero-order chi connectivity index (χ0) is 21.6. The minimum atomic E-state index is -0.0195. The highest BCUT2D eigenvalue weighted by atomic mass is 16.6. The van der Waals surface area contributed by atoms with E-state index in [1.807, 2.05) is 12.1 Å². The van der Waals surface area contributed by atoms with Crippen LogP contribution in [-0.2, 0) is 9.53 Å². The van der Waals surface area contributed by atoms with E-state index in [-0.39, 0.29) is 29.3 Å². The average Bonchev–Trinajstić information content (AvgIpc) is 3.06. The number of hydrogen-bond acceptors (Lipinski definition) is 5. The Morgan fingerprint density at radius 3 is 2.74 bits per heavy atom. The molecular weight excluding hydrogens is 388 g/mol. The van der Waals surface area contributed by atoms with Gasteiger partial charge in [-0.15, -0.1) is 0 Å². The van der Waals surface area contributed by atoms with Gasteiger partial charge in [-0.1, -0.05) is 44.1 Å². The molecule has 5 atom stereocenters. The monoisotopic (exact) mass is 424 g/mol. The van der Waals surface area contributed by atoms with Crippen LogP contribution in [0.2, 0.25) is 0 Å². The Bertz CT molecular complexity index is 860. The van der Waals surface area contributed by atoms with E-state index < -0.39 is 0 Å². The summed E-state index contributed by atoms with van der Waals surface area (Å²) in [5.74, 6) is 1.82. The third kappa shape index (κ3) is 3.75. The van der Waals surface area contributed by atoms with Gasteiger partial charge in [0, 0.05) is 38.6 Å². The molecule has 2 aliphatic carbocycles. The van der Waals surface area contributed by atoms with Crippen molar-refractivity contribution in [3.63, 3.8) is 0 Å². The second-order valence-electron chi connectivity index (χ2n) is 10.3. The molecule has 1 saturated carbocycles. The standard InChI is InChI=1S/C26H36N2O3/c1-18-7-6-10-26(2)16-24-19(15-21(18)26)20(25(29)31-24)17-27-11-13-28(14-12-27)22-8-4-5-9-23(22)30-3/h4-5,8-9,15,18-20,24H,6-7,10-14,16-17H2,1-3H3/t18-,19+,20-,24-,26+/m1/s1. The van der Waals surface area contributed by atoms with Gasteiger partial charge in [-0.05, 0) is 42.7 Å². The quantitative estimate of drug-likeness (QED) is 0.537. The molecule has 0 bridgehead atoms. The molecule has 5 rings (SSSR count). The summed E-state index contributed by atoms with van der Waals surface area (Å²) >= 11 is 0. The number of carbonyl (C=O) groups excluding carboxylic acids is 1. The summed E-state index contributed by atoms with van der Waals surface area (Å²) in [5.41, 5.74) is 2.99. The van der Waals surface area contributed by atoms with E-state index in [2.05, 4.69) is 41.9 Å². The molecule has 2 heterocycles. The number of rotatable bonds is 4. The van der Waals surface area contributed by atoms with Gasteiger partial charge in [0.25, 0.3) is 0 Å². The number of fused-ring (bicyclic) bond motifs is 2. The third-order valence-corrected chi connectivity index (χ3v) is 8.33. The van der Waals surface area contributed by atoms with Gasteiger partial charge in [0.15, 0.2) is 0 Å². The number of methoxy groups -OCH3 is 1. The number of hydrogen-bond donors (Lipinski definition) is 0. The largest absolute Gasteiger partial charge is 0.495 e. The van der Waals surface area contributed by atoms with Crippen LogP contribution in [-0.4, -0.2) is 56.8 Å². The van der Waals surface area contributed by atoms with Crippen LogP contribution in [0.4, 0.5) is 5.69 Å². The Balaban J connectivity index is 1.26. The molecule has 0 unspecified atom stereocenters. The van der Waals surface area contributed by atoms with Crippen molar-refractivity contribution in [3.05, 3.63) is 35.9 Å². The second-order valence-corrected chi connectivity index (χ2v) is 10.3. The lowest BCUT2D eigenvalue weighted by molar-refractivity contribution is -0.145. The molecule has 5 nitrogen and oxygen atoms in total. The van der Waals surface area contributed by atoms with Crippen molar-refractivity contribution in [1.82, 2.24) is 4.90 Å². The Morgan fingerprint density at radius 1 is 1.19 bits per heavy atom. The molecule has 1 aromatic carbocycles. The normalized spacial score (nSPS) is 35.8. The van der Waals surface area contributed by atoms with E-state index in [9.17, 15) is 4.79 Å². The molecule has 0 amide bonds. The van der Waals surface area contributed by atoms with Crippen molar-refractivity contribution in [1.29, 1.82) is 0 Å². The van der Waals surface area contributed by atoms with Gasteiger partial charge >= 0.3 is 5.97 Å². The number of piperazine rings is 1. The van der Waals surface area contributed by atoms with Gasteiger partial charge in [-0.25, -0.2) is 0 Å². The highest BCUT2D eigenvalue weighted by molar-refractivity contribution is 5.76. The molecule has 0 aromatic heterocycles. The molecule has 0 radical (unpaired) electrons. The van der Waals surface area contributed by atoms with Crippen LogP contribution >= 0.6 is 0 Å². The zero-order valence-corrected chi connectivity index (χ0v) is 19.2. The fourth-order valence-electron chi connectivity index (χ4n) is 6.60. The van der Waals surface area contributed by atoms with E-state index in [0.29, 0.717) is 5.92 Å². The summed E-state index contributed by atoms with van der Waals surface area (Å²) < 4.78 is 11.5. The molecule has 2 aliphatic heterocycles. The molecule has 0 spiro atoms. The maximum Gasteiger partial charge on any atom is 0.311 e. The molecule has 0 N–H and O–H groups in total. The molecule has 4 aliphatic rings. The number of benzene rings is 1. The molecule has 3 fully saturated rings. The lowest BCUT2D eigenvalue weighted by Gasteiger charge is -2.46. The summed E-state index contributed by atoms with van der Waals surface area (Å²) in [7, 11) is 1.73. The van der Waals surface area contributed by atoms with E-state index in [1.165, 1.54) is 19.3 Å². The van der Waals surface area contributed by atoms with Crippen LogP contribution < -0.4 is 9.64 Å². The van der Waals surface area contributed by atoms with Crippen LogP contribution in [0.15, 0.2) is 35.9 Å². The Morgan fingerprint density at radius 2 is 1.97 bits per heavy atom. The van der Waals surface area contributed by atoms with Crippen molar-refractivity contribution in [2.75, 3.05) is 44.7 Å². The maximum atomic E-state index is 12.9. The first-order valence-corrected chi connectivity index (χ1v) is 12.0. The summed E-state index contributed by atoms with van der Waals surface area (Å²) in [6.07, 6.45) is 7.37. The molecule has 1 aromatic rings. The van der Waals surface area contributed by atoms with Crippen LogP contribution in [0.1, 0.15) is 39.5 Å². The molecule has 2 saturated heterocycles.